The van der Waals surface area contributed by atoms with Gasteiger partial charge >= 0.3 is 17.9 Å². The number of esters is 3. The average Bonchev–Trinajstić information content (AvgIpc) is 2.83. The Morgan fingerprint density at radius 1 is 0.667 bits per heavy atom. The van der Waals surface area contributed by atoms with Crippen LogP contribution in [0.4, 0.5) is 0 Å². The van der Waals surface area contributed by atoms with Gasteiger partial charge in [-0.15, -0.1) is 0 Å². The van der Waals surface area contributed by atoms with E-state index in [9.17, 15) is 14.4 Å². The van der Waals surface area contributed by atoms with Gasteiger partial charge in [0.15, 0.2) is 6.10 Å². The van der Waals surface area contributed by atoms with Gasteiger partial charge in [-0.3, -0.25) is 14.4 Å². The maximum Gasteiger partial charge on any atom is 0.303 e. The van der Waals surface area contributed by atoms with Gasteiger partial charge in [0, 0.05) is 32.1 Å². The van der Waals surface area contributed by atoms with Crippen molar-refractivity contribution >= 4 is 17.9 Å². The molecule has 196 valence electrons. The molecular formula is C28H36O8. The Kier molecular flexibility index (Phi) is 10.8. The molecule has 0 unspecified atom stereocenters. The van der Waals surface area contributed by atoms with Crippen LogP contribution in [0.15, 0.2) is 48.5 Å². The van der Waals surface area contributed by atoms with Crippen LogP contribution in [-0.2, 0) is 34.0 Å². The molecule has 0 aliphatic rings. The van der Waals surface area contributed by atoms with Crippen molar-refractivity contribution in [3.8, 4) is 11.5 Å². The van der Waals surface area contributed by atoms with E-state index in [4.69, 9.17) is 23.7 Å². The number of hydrogen-bond donors (Lipinski definition) is 0. The van der Waals surface area contributed by atoms with E-state index in [-0.39, 0.29) is 30.5 Å². The molecule has 0 saturated heterocycles. The van der Waals surface area contributed by atoms with Crippen LogP contribution in [0.3, 0.4) is 0 Å². The quantitative estimate of drug-likeness (QED) is 0.294. The molecular weight excluding hydrogens is 464 g/mol. The van der Waals surface area contributed by atoms with Crippen LogP contribution in [0.25, 0.3) is 0 Å². The lowest BCUT2D eigenvalue weighted by Gasteiger charge is -2.26. The van der Waals surface area contributed by atoms with E-state index < -0.39 is 18.0 Å². The van der Waals surface area contributed by atoms with Crippen molar-refractivity contribution in [2.75, 3.05) is 26.4 Å². The zero-order chi connectivity index (χ0) is 26.7. The highest BCUT2D eigenvalue weighted by Gasteiger charge is 2.23. The molecule has 0 aliphatic carbocycles. The van der Waals surface area contributed by atoms with Gasteiger partial charge in [0.1, 0.15) is 24.7 Å². The van der Waals surface area contributed by atoms with E-state index in [1.54, 1.807) is 0 Å². The van der Waals surface area contributed by atoms with Crippen molar-refractivity contribution in [2.24, 2.45) is 5.92 Å². The number of carbonyl (C=O) groups excluding carboxylic acids is 3. The van der Waals surface area contributed by atoms with Crippen LogP contribution in [0, 0.1) is 5.92 Å². The molecule has 2 atom stereocenters. The van der Waals surface area contributed by atoms with Gasteiger partial charge in [-0.05, 0) is 35.4 Å². The van der Waals surface area contributed by atoms with Crippen molar-refractivity contribution in [3.63, 3.8) is 0 Å². The third-order valence-electron chi connectivity index (χ3n) is 5.50. The Morgan fingerprint density at radius 2 is 1.11 bits per heavy atom. The monoisotopic (exact) mass is 500 g/mol. The van der Waals surface area contributed by atoms with Crippen LogP contribution in [0.1, 0.15) is 52.7 Å². The van der Waals surface area contributed by atoms with Crippen molar-refractivity contribution in [1.29, 1.82) is 0 Å². The lowest BCUT2D eigenvalue weighted by molar-refractivity contribution is -0.158. The van der Waals surface area contributed by atoms with Crippen LogP contribution in [-0.4, -0.2) is 50.4 Å². The molecule has 36 heavy (non-hydrogen) atoms. The molecule has 0 radical (unpaired) electrons. The largest absolute Gasteiger partial charge is 0.493 e. The van der Waals surface area contributed by atoms with Crippen LogP contribution in [0.2, 0.25) is 0 Å². The smallest absolute Gasteiger partial charge is 0.303 e. The molecule has 2 rings (SSSR count). The first-order chi connectivity index (χ1) is 17.0. The molecule has 0 amide bonds. The van der Waals surface area contributed by atoms with Gasteiger partial charge < -0.3 is 23.7 Å². The number of carbonyl (C=O) groups is 3. The third kappa shape index (κ3) is 9.60. The maximum atomic E-state index is 11.3. The van der Waals surface area contributed by atoms with E-state index in [0.29, 0.717) is 19.0 Å². The molecule has 8 nitrogen and oxygen atoms in total. The fraction of sp³-hybridized carbons (Fsp3) is 0.464. The number of rotatable bonds is 13. The lowest BCUT2D eigenvalue weighted by Crippen LogP contribution is -2.29. The lowest BCUT2D eigenvalue weighted by atomic mass is 9.78. The molecule has 8 heteroatoms. The molecule has 0 aliphatic heterocycles. The second-order valence-corrected chi connectivity index (χ2v) is 9.24. The number of hydrogen-bond acceptors (Lipinski definition) is 8. The predicted octanol–water partition coefficient (Wildman–Crippen LogP) is 4.46. The van der Waals surface area contributed by atoms with E-state index in [1.165, 1.54) is 20.8 Å². The van der Waals surface area contributed by atoms with Gasteiger partial charge in [-0.25, -0.2) is 0 Å². The highest BCUT2D eigenvalue weighted by Crippen LogP contribution is 2.33. The van der Waals surface area contributed by atoms with Crippen molar-refractivity contribution in [2.45, 2.75) is 53.1 Å². The first kappa shape index (κ1) is 28.7. The molecule has 0 saturated carbocycles. The Hall–Kier alpha value is -3.55. The molecule has 0 aromatic heterocycles. The molecule has 2 aromatic rings. The summed E-state index contributed by atoms with van der Waals surface area (Å²) in [4.78, 5) is 33.3. The third-order valence-corrected chi connectivity index (χ3v) is 5.50. The highest BCUT2D eigenvalue weighted by atomic mass is 16.6. The Morgan fingerprint density at radius 3 is 1.56 bits per heavy atom. The van der Waals surface area contributed by atoms with E-state index in [0.717, 1.165) is 16.9 Å². The van der Waals surface area contributed by atoms with E-state index >= 15 is 0 Å². The van der Waals surface area contributed by atoms with Crippen molar-refractivity contribution in [3.05, 3.63) is 59.7 Å². The Balaban J connectivity index is 1.96. The fourth-order valence-corrected chi connectivity index (χ4v) is 3.40. The molecule has 2 aromatic carbocycles. The topological polar surface area (TPSA) is 97.4 Å². The minimum atomic E-state index is -0.687. The Bertz CT molecular complexity index is 995. The summed E-state index contributed by atoms with van der Waals surface area (Å²) in [6.07, 6.45) is -0.687. The minimum absolute atomic E-state index is 0.0646. The SMILES string of the molecule is CC(=O)OC[C@H](C)COc1ccc(C(C)(C)c2ccc(OC[C@@H](COC(C)=O)OC(C)=O)cc2)cc1. The Labute approximate surface area is 212 Å². The summed E-state index contributed by atoms with van der Waals surface area (Å²) >= 11 is 0. The maximum absolute atomic E-state index is 11.3. The fourth-order valence-electron chi connectivity index (χ4n) is 3.40. The summed E-state index contributed by atoms with van der Waals surface area (Å²) in [5, 5.41) is 0. The summed E-state index contributed by atoms with van der Waals surface area (Å²) in [5.41, 5.74) is 1.94. The first-order valence-electron chi connectivity index (χ1n) is 11.9. The zero-order valence-electron chi connectivity index (χ0n) is 21.9. The van der Waals surface area contributed by atoms with Gasteiger partial charge in [0.05, 0.1) is 13.2 Å². The highest BCUT2D eigenvalue weighted by molar-refractivity contribution is 5.67. The van der Waals surface area contributed by atoms with Crippen LogP contribution >= 0.6 is 0 Å². The molecule has 0 fully saturated rings. The van der Waals surface area contributed by atoms with E-state index in [1.807, 2.05) is 55.5 Å². The zero-order valence-corrected chi connectivity index (χ0v) is 21.9. The van der Waals surface area contributed by atoms with Gasteiger partial charge in [-0.2, -0.15) is 0 Å². The number of benzene rings is 2. The summed E-state index contributed by atoms with van der Waals surface area (Å²) in [6, 6.07) is 15.6. The summed E-state index contributed by atoms with van der Waals surface area (Å²) in [6.45, 7) is 11.0. The average molecular weight is 501 g/mol. The van der Waals surface area contributed by atoms with Crippen LogP contribution in [0.5, 0.6) is 11.5 Å². The van der Waals surface area contributed by atoms with Gasteiger partial charge in [0.2, 0.25) is 0 Å². The summed E-state index contributed by atoms with van der Waals surface area (Å²) in [7, 11) is 0. The number of ether oxygens (including phenoxy) is 5. The van der Waals surface area contributed by atoms with Gasteiger partial charge in [0.25, 0.3) is 0 Å². The molecule has 0 bridgehead atoms. The first-order valence-corrected chi connectivity index (χ1v) is 11.9. The van der Waals surface area contributed by atoms with Crippen molar-refractivity contribution < 1.29 is 38.1 Å². The van der Waals surface area contributed by atoms with E-state index in [2.05, 4.69) is 13.8 Å². The van der Waals surface area contributed by atoms with Crippen LogP contribution < -0.4 is 9.47 Å². The molecule has 0 spiro atoms. The normalized spacial score (nSPS) is 12.7. The second-order valence-electron chi connectivity index (χ2n) is 9.24. The van der Waals surface area contributed by atoms with Gasteiger partial charge in [-0.1, -0.05) is 45.0 Å². The molecule has 0 heterocycles. The molecule has 0 N–H and O–H groups in total. The summed E-state index contributed by atoms with van der Waals surface area (Å²) in [5.74, 6) is 0.244. The predicted molar refractivity (Wildman–Crippen MR) is 134 cm³/mol. The standard InChI is InChI=1S/C28H36O8/c1-19(15-32-20(2)29)16-34-25-11-7-23(8-12-25)28(5,6)24-9-13-26(14-10-24)35-18-27(36-22(4)31)17-33-21(3)30/h7-14,19,27H,15-18H2,1-6H3/t19-,27+/m0/s1. The second kappa shape index (κ2) is 13.5. The van der Waals surface area contributed by atoms with Crippen molar-refractivity contribution in [1.82, 2.24) is 0 Å². The minimum Gasteiger partial charge on any atom is -0.493 e. The summed E-state index contributed by atoms with van der Waals surface area (Å²) < 4.78 is 26.7.